The van der Waals surface area contributed by atoms with Gasteiger partial charge < -0.3 is 9.64 Å². The number of morpholine rings is 1. The zero-order valence-corrected chi connectivity index (χ0v) is 11.6. The number of halogens is 2. The third-order valence-electron chi connectivity index (χ3n) is 3.10. The summed E-state index contributed by atoms with van der Waals surface area (Å²) < 4.78 is 18.7. The van der Waals surface area contributed by atoms with Gasteiger partial charge in [0.25, 0.3) is 0 Å². The Labute approximate surface area is 117 Å². The van der Waals surface area contributed by atoms with Crippen LogP contribution in [-0.4, -0.2) is 42.0 Å². The summed E-state index contributed by atoms with van der Waals surface area (Å²) in [5, 5.41) is 0. The van der Waals surface area contributed by atoms with Gasteiger partial charge in [0.1, 0.15) is 5.82 Å². The predicted molar refractivity (Wildman–Crippen MR) is 71.7 cm³/mol. The van der Waals surface area contributed by atoms with E-state index in [-0.39, 0.29) is 30.4 Å². The van der Waals surface area contributed by atoms with Gasteiger partial charge in [0.05, 0.1) is 24.5 Å². The molecule has 1 fully saturated rings. The highest BCUT2D eigenvalue weighted by Gasteiger charge is 2.27. The van der Waals surface area contributed by atoms with Crippen LogP contribution in [0.25, 0.3) is 0 Å². The molecule has 0 spiro atoms. The first-order valence-corrected chi connectivity index (χ1v) is 6.85. The standard InChI is InChI=1S/C14H17ClFNO2/c1-10-8-17(9-13(7-15)19-10)14(18)6-11-3-2-4-12(16)5-11/h2-5,10,13H,6-9H2,1H3. The van der Waals surface area contributed by atoms with Crippen LogP contribution in [-0.2, 0) is 16.0 Å². The van der Waals surface area contributed by atoms with Gasteiger partial charge in [-0.2, -0.15) is 0 Å². The molecule has 1 aliphatic rings. The first kappa shape index (κ1) is 14.3. The van der Waals surface area contributed by atoms with Crippen molar-refractivity contribution in [2.75, 3.05) is 19.0 Å². The molecule has 1 aromatic carbocycles. The van der Waals surface area contributed by atoms with Crippen LogP contribution in [0.2, 0.25) is 0 Å². The number of hydrogen-bond donors (Lipinski definition) is 0. The second-order valence-electron chi connectivity index (χ2n) is 4.83. The number of alkyl halides is 1. The number of ether oxygens (including phenoxy) is 1. The lowest BCUT2D eigenvalue weighted by atomic mass is 10.1. The normalized spacial score (nSPS) is 23.4. The topological polar surface area (TPSA) is 29.5 Å². The molecule has 0 bridgehead atoms. The van der Waals surface area contributed by atoms with E-state index in [9.17, 15) is 9.18 Å². The summed E-state index contributed by atoms with van der Waals surface area (Å²) in [4.78, 5) is 13.9. The first-order valence-electron chi connectivity index (χ1n) is 6.32. The van der Waals surface area contributed by atoms with Gasteiger partial charge in [-0.1, -0.05) is 12.1 Å². The van der Waals surface area contributed by atoms with Crippen molar-refractivity contribution in [3.05, 3.63) is 35.6 Å². The van der Waals surface area contributed by atoms with E-state index in [1.807, 2.05) is 6.92 Å². The highest BCUT2D eigenvalue weighted by Crippen LogP contribution is 2.14. The zero-order chi connectivity index (χ0) is 13.8. The number of amides is 1. The van der Waals surface area contributed by atoms with Crippen molar-refractivity contribution in [1.29, 1.82) is 0 Å². The molecule has 2 rings (SSSR count). The molecule has 0 aliphatic carbocycles. The maximum absolute atomic E-state index is 13.1. The smallest absolute Gasteiger partial charge is 0.227 e. The van der Waals surface area contributed by atoms with E-state index in [4.69, 9.17) is 16.3 Å². The molecule has 0 radical (unpaired) electrons. The number of hydrogen-bond acceptors (Lipinski definition) is 2. The quantitative estimate of drug-likeness (QED) is 0.797. The minimum atomic E-state index is -0.320. The van der Waals surface area contributed by atoms with Crippen LogP contribution >= 0.6 is 11.6 Å². The van der Waals surface area contributed by atoms with Crippen LogP contribution in [0.4, 0.5) is 4.39 Å². The van der Waals surface area contributed by atoms with Crippen LogP contribution in [0.15, 0.2) is 24.3 Å². The van der Waals surface area contributed by atoms with Gasteiger partial charge in [0, 0.05) is 13.1 Å². The molecule has 5 heteroatoms. The van der Waals surface area contributed by atoms with Crippen LogP contribution in [0.5, 0.6) is 0 Å². The third-order valence-corrected chi connectivity index (χ3v) is 3.44. The number of carbonyl (C=O) groups is 1. The highest BCUT2D eigenvalue weighted by molar-refractivity contribution is 6.18. The molecule has 104 valence electrons. The highest BCUT2D eigenvalue weighted by atomic mass is 35.5. The maximum Gasteiger partial charge on any atom is 0.227 e. The molecule has 1 heterocycles. The largest absolute Gasteiger partial charge is 0.370 e. The molecule has 19 heavy (non-hydrogen) atoms. The Hall–Kier alpha value is -1.13. The molecule has 2 unspecified atom stereocenters. The van der Waals surface area contributed by atoms with Crippen LogP contribution in [0, 0.1) is 5.82 Å². The second kappa shape index (κ2) is 6.35. The molecule has 2 atom stereocenters. The lowest BCUT2D eigenvalue weighted by Crippen LogP contribution is -2.50. The molecule has 1 amide bonds. The number of carbonyl (C=O) groups excluding carboxylic acids is 1. The van der Waals surface area contributed by atoms with E-state index < -0.39 is 0 Å². The Morgan fingerprint density at radius 1 is 1.53 bits per heavy atom. The van der Waals surface area contributed by atoms with Crippen molar-refractivity contribution >= 4 is 17.5 Å². The molecule has 0 saturated carbocycles. The fourth-order valence-corrected chi connectivity index (χ4v) is 2.44. The summed E-state index contributed by atoms with van der Waals surface area (Å²) in [6.45, 7) is 2.98. The number of rotatable bonds is 3. The van der Waals surface area contributed by atoms with Crippen molar-refractivity contribution < 1.29 is 13.9 Å². The molecule has 1 aromatic rings. The van der Waals surface area contributed by atoms with E-state index in [0.717, 1.165) is 0 Å². The summed E-state index contributed by atoms with van der Waals surface area (Å²) in [6.07, 6.45) is 0.0651. The molecule has 3 nitrogen and oxygen atoms in total. The SMILES string of the molecule is CC1CN(C(=O)Cc2cccc(F)c2)CC(CCl)O1. The number of benzene rings is 1. The Balaban J connectivity index is 1.99. The Morgan fingerprint density at radius 2 is 2.32 bits per heavy atom. The van der Waals surface area contributed by atoms with Crippen LogP contribution in [0.1, 0.15) is 12.5 Å². The van der Waals surface area contributed by atoms with Gasteiger partial charge in [-0.25, -0.2) is 4.39 Å². The van der Waals surface area contributed by atoms with Gasteiger partial charge >= 0.3 is 0 Å². The van der Waals surface area contributed by atoms with Crippen molar-refractivity contribution in [2.24, 2.45) is 0 Å². The van der Waals surface area contributed by atoms with Gasteiger partial charge in [-0.05, 0) is 24.6 Å². The van der Waals surface area contributed by atoms with Crippen molar-refractivity contribution in [1.82, 2.24) is 4.90 Å². The zero-order valence-electron chi connectivity index (χ0n) is 10.8. The van der Waals surface area contributed by atoms with Crippen molar-refractivity contribution in [2.45, 2.75) is 25.6 Å². The summed E-state index contributed by atoms with van der Waals surface area (Å²) in [5.41, 5.74) is 0.687. The lowest BCUT2D eigenvalue weighted by Gasteiger charge is -2.36. The molecule has 1 aliphatic heterocycles. The summed E-state index contributed by atoms with van der Waals surface area (Å²) in [7, 11) is 0. The fraction of sp³-hybridized carbons (Fsp3) is 0.500. The van der Waals surface area contributed by atoms with Gasteiger partial charge in [0.15, 0.2) is 0 Å². The van der Waals surface area contributed by atoms with Crippen molar-refractivity contribution in [3.63, 3.8) is 0 Å². The first-order chi connectivity index (χ1) is 9.08. The van der Waals surface area contributed by atoms with Crippen LogP contribution in [0.3, 0.4) is 0 Å². The molecular weight excluding hydrogens is 269 g/mol. The third kappa shape index (κ3) is 3.91. The van der Waals surface area contributed by atoms with Crippen molar-refractivity contribution in [3.8, 4) is 0 Å². The van der Waals surface area contributed by atoms with Gasteiger partial charge in [-0.15, -0.1) is 11.6 Å². The Bertz CT molecular complexity index is 455. The summed E-state index contributed by atoms with van der Waals surface area (Å²) >= 11 is 5.78. The predicted octanol–water partition coefficient (Wildman–Crippen LogP) is 2.22. The molecule has 0 N–H and O–H groups in total. The van der Waals surface area contributed by atoms with Crippen LogP contribution < -0.4 is 0 Å². The minimum Gasteiger partial charge on any atom is -0.370 e. The second-order valence-corrected chi connectivity index (χ2v) is 5.14. The van der Waals surface area contributed by atoms with E-state index in [0.29, 0.717) is 24.5 Å². The average Bonchev–Trinajstić information content (AvgIpc) is 2.38. The Kier molecular flexibility index (Phi) is 4.77. The Morgan fingerprint density at radius 3 is 3.00 bits per heavy atom. The summed E-state index contributed by atoms with van der Waals surface area (Å²) in [6, 6.07) is 6.13. The lowest BCUT2D eigenvalue weighted by molar-refractivity contribution is -0.142. The van der Waals surface area contributed by atoms with Gasteiger partial charge in [-0.3, -0.25) is 4.79 Å². The maximum atomic E-state index is 13.1. The summed E-state index contributed by atoms with van der Waals surface area (Å²) in [5.74, 6) is 0.0313. The fourth-order valence-electron chi connectivity index (χ4n) is 2.27. The molecule has 0 aromatic heterocycles. The molecule has 1 saturated heterocycles. The van der Waals surface area contributed by atoms with E-state index >= 15 is 0 Å². The van der Waals surface area contributed by atoms with E-state index in [1.54, 1.807) is 17.0 Å². The number of nitrogens with zero attached hydrogens (tertiary/aromatic N) is 1. The van der Waals surface area contributed by atoms with E-state index in [2.05, 4.69) is 0 Å². The average molecular weight is 286 g/mol. The van der Waals surface area contributed by atoms with E-state index in [1.165, 1.54) is 12.1 Å². The minimum absolute atomic E-state index is 0.0177. The molecular formula is C14H17ClFNO2. The monoisotopic (exact) mass is 285 g/mol. The van der Waals surface area contributed by atoms with Gasteiger partial charge in [0.2, 0.25) is 5.91 Å².